The average molecular weight is 259 g/mol. The highest BCUT2D eigenvalue weighted by atomic mass is 16.2. The predicted octanol–water partition coefficient (Wildman–Crippen LogP) is -1.03. The van der Waals surface area contributed by atoms with Gasteiger partial charge in [-0.3, -0.25) is 4.79 Å². The third-order valence-electron chi connectivity index (χ3n) is 2.86. The Balaban J connectivity index is 4.19. The van der Waals surface area contributed by atoms with Crippen molar-refractivity contribution >= 4 is 5.91 Å². The van der Waals surface area contributed by atoms with Crippen LogP contribution in [0.25, 0.3) is 0 Å². The van der Waals surface area contributed by atoms with Crippen molar-refractivity contribution in [2.24, 2.45) is 22.9 Å². The number of rotatable bonds is 11. The van der Waals surface area contributed by atoms with Gasteiger partial charge in [0.1, 0.15) is 0 Å². The van der Waals surface area contributed by atoms with Gasteiger partial charge < -0.3 is 27.8 Å². The standard InChI is InChI=1S/C12H29N5O/c13-6-1-2-9-17(10-4-8-15)12(18)11(16)5-3-7-14/h11H,1-10,13-16H2/t11-/m1/s1. The minimum atomic E-state index is -0.441. The van der Waals surface area contributed by atoms with E-state index in [1.165, 1.54) is 0 Å². The fraction of sp³-hybridized carbons (Fsp3) is 0.917. The first-order valence-electron chi connectivity index (χ1n) is 6.82. The van der Waals surface area contributed by atoms with Crippen LogP contribution < -0.4 is 22.9 Å². The molecule has 0 aliphatic carbocycles. The van der Waals surface area contributed by atoms with Crippen molar-refractivity contribution in [1.82, 2.24) is 4.90 Å². The lowest BCUT2D eigenvalue weighted by molar-refractivity contribution is -0.132. The fourth-order valence-corrected chi connectivity index (χ4v) is 1.76. The maximum Gasteiger partial charge on any atom is 0.239 e. The van der Waals surface area contributed by atoms with Crippen LogP contribution in [0.3, 0.4) is 0 Å². The molecule has 0 aromatic carbocycles. The van der Waals surface area contributed by atoms with E-state index in [4.69, 9.17) is 22.9 Å². The van der Waals surface area contributed by atoms with Gasteiger partial charge in [0.2, 0.25) is 5.91 Å². The Morgan fingerprint density at radius 2 is 1.44 bits per heavy atom. The number of unbranched alkanes of at least 4 members (excludes halogenated alkanes) is 1. The molecule has 18 heavy (non-hydrogen) atoms. The van der Waals surface area contributed by atoms with Crippen LogP contribution in [0.1, 0.15) is 32.1 Å². The van der Waals surface area contributed by atoms with Crippen LogP contribution in [0, 0.1) is 0 Å². The van der Waals surface area contributed by atoms with Gasteiger partial charge >= 0.3 is 0 Å². The van der Waals surface area contributed by atoms with Gasteiger partial charge in [-0.1, -0.05) is 0 Å². The van der Waals surface area contributed by atoms with Gasteiger partial charge in [0.05, 0.1) is 6.04 Å². The molecule has 0 heterocycles. The molecule has 0 saturated carbocycles. The van der Waals surface area contributed by atoms with Crippen molar-refractivity contribution in [2.75, 3.05) is 32.7 Å². The van der Waals surface area contributed by atoms with Gasteiger partial charge in [0.15, 0.2) is 0 Å². The van der Waals surface area contributed by atoms with Crippen molar-refractivity contribution < 1.29 is 4.79 Å². The van der Waals surface area contributed by atoms with Crippen LogP contribution in [0.2, 0.25) is 0 Å². The first-order valence-corrected chi connectivity index (χ1v) is 6.82. The molecule has 0 bridgehead atoms. The Hall–Kier alpha value is -0.690. The van der Waals surface area contributed by atoms with E-state index in [9.17, 15) is 4.79 Å². The van der Waals surface area contributed by atoms with Crippen LogP contribution in [-0.4, -0.2) is 49.6 Å². The maximum absolute atomic E-state index is 12.1. The Kier molecular flexibility index (Phi) is 11.0. The van der Waals surface area contributed by atoms with Crippen LogP contribution in [-0.2, 0) is 4.79 Å². The van der Waals surface area contributed by atoms with Gasteiger partial charge in [-0.05, 0) is 51.7 Å². The molecule has 0 radical (unpaired) electrons. The monoisotopic (exact) mass is 259 g/mol. The van der Waals surface area contributed by atoms with E-state index >= 15 is 0 Å². The zero-order valence-corrected chi connectivity index (χ0v) is 11.3. The van der Waals surface area contributed by atoms with E-state index in [0.717, 1.165) is 25.7 Å². The van der Waals surface area contributed by atoms with E-state index in [2.05, 4.69) is 0 Å². The minimum absolute atomic E-state index is 0.00826. The highest BCUT2D eigenvalue weighted by Gasteiger charge is 2.19. The highest BCUT2D eigenvalue weighted by molar-refractivity contribution is 5.81. The quantitative estimate of drug-likeness (QED) is 0.353. The second-order valence-electron chi connectivity index (χ2n) is 4.50. The summed E-state index contributed by atoms with van der Waals surface area (Å²) in [6, 6.07) is -0.441. The van der Waals surface area contributed by atoms with Crippen molar-refractivity contribution in [3.8, 4) is 0 Å². The number of carbonyl (C=O) groups is 1. The molecular weight excluding hydrogens is 230 g/mol. The summed E-state index contributed by atoms with van der Waals surface area (Å²) < 4.78 is 0. The number of amides is 1. The van der Waals surface area contributed by atoms with Crippen LogP contribution >= 0.6 is 0 Å². The molecule has 0 rings (SSSR count). The Labute approximate surface area is 110 Å². The number of nitrogens with two attached hydrogens (primary N) is 4. The Morgan fingerprint density at radius 3 is 2.00 bits per heavy atom. The molecule has 1 atom stereocenters. The molecule has 0 aromatic rings. The van der Waals surface area contributed by atoms with Crippen molar-refractivity contribution in [3.63, 3.8) is 0 Å². The lowest BCUT2D eigenvalue weighted by Gasteiger charge is -2.25. The fourth-order valence-electron chi connectivity index (χ4n) is 1.76. The molecule has 0 saturated heterocycles. The largest absolute Gasteiger partial charge is 0.341 e. The van der Waals surface area contributed by atoms with Gasteiger partial charge in [-0.25, -0.2) is 0 Å². The predicted molar refractivity (Wildman–Crippen MR) is 74.8 cm³/mol. The Morgan fingerprint density at radius 1 is 0.889 bits per heavy atom. The van der Waals surface area contributed by atoms with Gasteiger partial charge in [-0.2, -0.15) is 0 Å². The van der Waals surface area contributed by atoms with E-state index < -0.39 is 6.04 Å². The lowest BCUT2D eigenvalue weighted by Crippen LogP contribution is -2.45. The van der Waals surface area contributed by atoms with E-state index in [0.29, 0.717) is 39.1 Å². The molecule has 1 amide bonds. The van der Waals surface area contributed by atoms with E-state index in [-0.39, 0.29) is 5.91 Å². The molecule has 0 spiro atoms. The summed E-state index contributed by atoms with van der Waals surface area (Å²) in [6.07, 6.45) is 4.06. The summed E-state index contributed by atoms with van der Waals surface area (Å²) in [6.45, 7) is 3.19. The van der Waals surface area contributed by atoms with Gasteiger partial charge in [-0.15, -0.1) is 0 Å². The molecular formula is C12H29N5O. The zero-order valence-electron chi connectivity index (χ0n) is 11.3. The summed E-state index contributed by atoms with van der Waals surface area (Å²) in [7, 11) is 0. The number of carbonyl (C=O) groups excluding carboxylic acids is 1. The topological polar surface area (TPSA) is 124 Å². The smallest absolute Gasteiger partial charge is 0.239 e. The van der Waals surface area contributed by atoms with Crippen LogP contribution in [0.4, 0.5) is 0 Å². The van der Waals surface area contributed by atoms with Crippen molar-refractivity contribution in [2.45, 2.75) is 38.1 Å². The molecule has 0 aliphatic heterocycles. The number of hydrogen-bond acceptors (Lipinski definition) is 5. The van der Waals surface area contributed by atoms with E-state index in [1.807, 2.05) is 4.90 Å². The molecule has 6 heteroatoms. The zero-order chi connectivity index (χ0) is 13.8. The normalized spacial score (nSPS) is 12.4. The van der Waals surface area contributed by atoms with Crippen LogP contribution in [0.15, 0.2) is 0 Å². The summed E-state index contributed by atoms with van der Waals surface area (Å²) in [5.74, 6) is 0.00826. The highest BCUT2D eigenvalue weighted by Crippen LogP contribution is 2.03. The van der Waals surface area contributed by atoms with Crippen LogP contribution in [0.5, 0.6) is 0 Å². The second-order valence-corrected chi connectivity index (χ2v) is 4.50. The summed E-state index contributed by atoms with van der Waals surface area (Å²) in [5.41, 5.74) is 22.2. The van der Waals surface area contributed by atoms with Crippen molar-refractivity contribution in [3.05, 3.63) is 0 Å². The molecule has 8 N–H and O–H groups in total. The molecule has 0 fully saturated rings. The summed E-state index contributed by atoms with van der Waals surface area (Å²) in [4.78, 5) is 13.9. The molecule has 0 aromatic heterocycles. The molecule has 0 unspecified atom stereocenters. The number of hydrogen-bond donors (Lipinski definition) is 4. The molecule has 0 aliphatic rings. The van der Waals surface area contributed by atoms with Gasteiger partial charge in [0, 0.05) is 13.1 Å². The third kappa shape index (κ3) is 7.60. The van der Waals surface area contributed by atoms with Crippen molar-refractivity contribution in [1.29, 1.82) is 0 Å². The maximum atomic E-state index is 12.1. The average Bonchev–Trinajstić information content (AvgIpc) is 2.39. The SMILES string of the molecule is NCCCCN(CCCN)C(=O)[C@H](N)CCCN. The first-order chi connectivity index (χ1) is 8.67. The summed E-state index contributed by atoms with van der Waals surface area (Å²) in [5, 5.41) is 0. The van der Waals surface area contributed by atoms with Gasteiger partial charge in [0.25, 0.3) is 0 Å². The summed E-state index contributed by atoms with van der Waals surface area (Å²) >= 11 is 0. The molecule has 6 nitrogen and oxygen atoms in total. The minimum Gasteiger partial charge on any atom is -0.341 e. The van der Waals surface area contributed by atoms with E-state index in [1.54, 1.807) is 0 Å². The second kappa shape index (κ2) is 11.4. The number of nitrogens with zero attached hydrogens (tertiary/aromatic N) is 1. The third-order valence-corrected chi connectivity index (χ3v) is 2.86. The lowest BCUT2D eigenvalue weighted by atomic mass is 10.1. The Bertz CT molecular complexity index is 213. The molecule has 108 valence electrons. The first kappa shape index (κ1) is 17.3.